The van der Waals surface area contributed by atoms with Crippen LogP contribution in [-0.2, 0) is 0 Å². The summed E-state index contributed by atoms with van der Waals surface area (Å²) in [7, 11) is 0. The quantitative estimate of drug-likeness (QED) is 0.196. The van der Waals surface area contributed by atoms with Gasteiger partial charge < -0.3 is 4.90 Å². The average molecular weight is 578 g/mol. The number of hydrogen-bond donors (Lipinski definition) is 0. The molecule has 0 saturated heterocycles. The fraction of sp³-hybridized carbons (Fsp3) is 0.0714. The molecular formula is C42H31N3. The van der Waals surface area contributed by atoms with Crippen LogP contribution < -0.4 is 4.90 Å². The molecule has 0 aliphatic heterocycles. The van der Waals surface area contributed by atoms with Gasteiger partial charge in [-0.05, 0) is 65.6 Å². The summed E-state index contributed by atoms with van der Waals surface area (Å²) < 4.78 is 2.25. The predicted molar refractivity (Wildman–Crippen MR) is 188 cm³/mol. The molecular weight excluding hydrogens is 546 g/mol. The van der Waals surface area contributed by atoms with Crippen molar-refractivity contribution in [1.82, 2.24) is 9.61 Å². The van der Waals surface area contributed by atoms with E-state index >= 15 is 0 Å². The first kappa shape index (κ1) is 25.8. The Hall–Kier alpha value is -5.67. The van der Waals surface area contributed by atoms with Crippen molar-refractivity contribution < 1.29 is 0 Å². The molecule has 45 heavy (non-hydrogen) atoms. The molecule has 1 aliphatic carbocycles. The van der Waals surface area contributed by atoms with Crippen LogP contribution in [0.5, 0.6) is 0 Å². The van der Waals surface area contributed by atoms with Crippen LogP contribution in [0.25, 0.3) is 49.4 Å². The van der Waals surface area contributed by atoms with E-state index < -0.39 is 0 Å². The smallest absolute Gasteiger partial charge is 0.101 e. The summed E-state index contributed by atoms with van der Waals surface area (Å²) in [6.07, 6.45) is 2.45. The lowest BCUT2D eigenvalue weighted by Crippen LogP contribution is -2.10. The van der Waals surface area contributed by atoms with E-state index in [0.717, 1.165) is 28.3 Å². The van der Waals surface area contributed by atoms with Crippen molar-refractivity contribution in [3.63, 3.8) is 0 Å². The lowest BCUT2D eigenvalue weighted by atomic mass is 9.97. The molecule has 0 spiro atoms. The largest absolute Gasteiger partial charge is 0.310 e. The van der Waals surface area contributed by atoms with E-state index in [0.29, 0.717) is 5.92 Å². The number of pyridine rings is 1. The van der Waals surface area contributed by atoms with Gasteiger partial charge >= 0.3 is 0 Å². The Morgan fingerprint density at radius 1 is 0.533 bits per heavy atom. The number of benzene rings is 6. The lowest BCUT2D eigenvalue weighted by molar-refractivity contribution is 0.866. The molecule has 0 N–H and O–H groups in total. The first-order chi connectivity index (χ1) is 22.3. The highest BCUT2D eigenvalue weighted by Gasteiger charge is 2.29. The van der Waals surface area contributed by atoms with Crippen molar-refractivity contribution in [3.8, 4) is 22.4 Å². The number of rotatable bonds is 6. The Kier molecular flexibility index (Phi) is 6.02. The molecule has 1 aliphatic rings. The molecule has 9 rings (SSSR count). The summed E-state index contributed by atoms with van der Waals surface area (Å²) in [5.74, 6) is 0.566. The van der Waals surface area contributed by atoms with E-state index in [-0.39, 0.29) is 0 Å². The Morgan fingerprint density at radius 2 is 1.16 bits per heavy atom. The van der Waals surface area contributed by atoms with Crippen LogP contribution in [0.4, 0.5) is 17.1 Å². The van der Waals surface area contributed by atoms with Crippen LogP contribution in [-0.4, -0.2) is 9.61 Å². The van der Waals surface area contributed by atoms with Gasteiger partial charge in [-0.1, -0.05) is 121 Å². The van der Waals surface area contributed by atoms with Crippen LogP contribution >= 0.6 is 0 Å². The molecule has 0 radical (unpaired) electrons. The van der Waals surface area contributed by atoms with Gasteiger partial charge in [-0.2, -0.15) is 5.10 Å². The Balaban J connectivity index is 1.25. The minimum Gasteiger partial charge on any atom is -0.310 e. The maximum atomic E-state index is 5.41. The number of hydrogen-bond acceptors (Lipinski definition) is 2. The van der Waals surface area contributed by atoms with Crippen molar-refractivity contribution in [2.24, 2.45) is 0 Å². The average Bonchev–Trinajstić information content (AvgIpc) is 3.88. The van der Waals surface area contributed by atoms with Crippen molar-refractivity contribution in [2.45, 2.75) is 18.8 Å². The van der Waals surface area contributed by atoms with Crippen molar-refractivity contribution in [1.29, 1.82) is 0 Å². The van der Waals surface area contributed by atoms with Gasteiger partial charge in [0.05, 0.1) is 11.2 Å². The van der Waals surface area contributed by atoms with Crippen LogP contribution in [0.15, 0.2) is 158 Å². The van der Waals surface area contributed by atoms with E-state index in [1.165, 1.54) is 56.7 Å². The summed E-state index contributed by atoms with van der Waals surface area (Å²) in [6.45, 7) is 0. The van der Waals surface area contributed by atoms with Gasteiger partial charge in [0, 0.05) is 44.9 Å². The maximum absolute atomic E-state index is 5.41. The number of aromatic nitrogens is 2. The Labute approximate surface area is 262 Å². The second-order valence-electron chi connectivity index (χ2n) is 12.0. The van der Waals surface area contributed by atoms with E-state index in [1.54, 1.807) is 0 Å². The highest BCUT2D eigenvalue weighted by Crippen LogP contribution is 2.46. The molecule has 0 unspecified atom stereocenters. The number of para-hydroxylation sites is 1. The van der Waals surface area contributed by atoms with Gasteiger partial charge in [0.25, 0.3) is 0 Å². The monoisotopic (exact) mass is 577 g/mol. The molecule has 0 atom stereocenters. The molecule has 1 fully saturated rings. The first-order valence-corrected chi connectivity index (χ1v) is 15.8. The van der Waals surface area contributed by atoms with E-state index in [2.05, 4.69) is 167 Å². The lowest BCUT2D eigenvalue weighted by Gasteiger charge is -2.27. The van der Waals surface area contributed by atoms with Gasteiger partial charge in [-0.25, -0.2) is 4.52 Å². The third-order valence-electron chi connectivity index (χ3n) is 9.13. The summed E-state index contributed by atoms with van der Waals surface area (Å²) >= 11 is 0. The zero-order valence-corrected chi connectivity index (χ0v) is 24.8. The summed E-state index contributed by atoms with van der Waals surface area (Å²) in [5.41, 5.74) is 10.4. The van der Waals surface area contributed by atoms with Crippen LogP contribution in [0.3, 0.4) is 0 Å². The van der Waals surface area contributed by atoms with E-state index in [1.807, 2.05) is 0 Å². The molecule has 2 heterocycles. The molecule has 8 aromatic rings. The van der Waals surface area contributed by atoms with Crippen LogP contribution in [0, 0.1) is 0 Å². The SMILES string of the molecule is c1ccc(-c2c(-c3ccc(N(c4ccccc4)c4cccc5ccccc45)cc3)nn3c(C4CC4)cc4ccccc4c23)cc1. The summed E-state index contributed by atoms with van der Waals surface area (Å²) in [6, 6.07) is 56.6. The minimum absolute atomic E-state index is 0.566. The number of fused-ring (bicyclic) bond motifs is 4. The second kappa shape index (κ2) is 10.5. The first-order valence-electron chi connectivity index (χ1n) is 15.8. The fourth-order valence-corrected chi connectivity index (χ4v) is 6.84. The molecule has 1 saturated carbocycles. The summed E-state index contributed by atoms with van der Waals surface area (Å²) in [4.78, 5) is 2.35. The molecule has 3 nitrogen and oxygen atoms in total. The van der Waals surface area contributed by atoms with Gasteiger partial charge in [0.15, 0.2) is 0 Å². The zero-order valence-electron chi connectivity index (χ0n) is 24.8. The maximum Gasteiger partial charge on any atom is 0.101 e. The topological polar surface area (TPSA) is 20.5 Å². The van der Waals surface area contributed by atoms with Gasteiger partial charge in [-0.3, -0.25) is 0 Å². The standard InChI is InChI=1S/C42H31N3/c1-3-13-31(14-4-1)40-41(43-45-39(30-22-23-30)28-33-15-8-10-20-37(33)42(40)45)32-24-26-35(27-25-32)44(34-17-5-2-6-18-34)38-21-11-16-29-12-7-9-19-36(29)38/h1-21,24-28,30H,22-23H2. The zero-order chi connectivity index (χ0) is 29.7. The Morgan fingerprint density at radius 3 is 1.91 bits per heavy atom. The normalized spacial score (nSPS) is 13.1. The second-order valence-corrected chi connectivity index (χ2v) is 12.0. The molecule has 0 amide bonds. The fourth-order valence-electron chi connectivity index (χ4n) is 6.84. The third kappa shape index (κ3) is 4.39. The molecule has 2 aromatic heterocycles. The van der Waals surface area contributed by atoms with Crippen molar-refractivity contribution in [3.05, 3.63) is 163 Å². The third-order valence-corrected chi connectivity index (χ3v) is 9.13. The van der Waals surface area contributed by atoms with Gasteiger partial charge in [0.2, 0.25) is 0 Å². The number of anilines is 3. The van der Waals surface area contributed by atoms with Gasteiger partial charge in [-0.15, -0.1) is 0 Å². The molecule has 6 aromatic carbocycles. The minimum atomic E-state index is 0.566. The van der Waals surface area contributed by atoms with Crippen molar-refractivity contribution >= 4 is 44.1 Å². The highest BCUT2D eigenvalue weighted by molar-refractivity contribution is 6.07. The Bertz CT molecular complexity index is 2310. The molecule has 214 valence electrons. The van der Waals surface area contributed by atoms with Gasteiger partial charge in [0.1, 0.15) is 5.69 Å². The molecule has 0 bridgehead atoms. The summed E-state index contributed by atoms with van der Waals surface area (Å²) in [5, 5.41) is 10.4. The van der Waals surface area contributed by atoms with Crippen LogP contribution in [0.2, 0.25) is 0 Å². The predicted octanol–water partition coefficient (Wildman–Crippen LogP) is 11.3. The van der Waals surface area contributed by atoms with Crippen LogP contribution in [0.1, 0.15) is 24.5 Å². The highest BCUT2D eigenvalue weighted by atomic mass is 15.2. The van der Waals surface area contributed by atoms with E-state index in [9.17, 15) is 0 Å². The van der Waals surface area contributed by atoms with Crippen molar-refractivity contribution in [2.75, 3.05) is 4.90 Å². The molecule has 3 heteroatoms. The number of nitrogens with zero attached hydrogens (tertiary/aromatic N) is 3. The van der Waals surface area contributed by atoms with E-state index in [4.69, 9.17) is 5.10 Å².